The first-order chi connectivity index (χ1) is 4.88. The van der Waals surface area contributed by atoms with Gasteiger partial charge in [-0.3, -0.25) is 4.79 Å². The second-order valence-corrected chi connectivity index (χ2v) is 1.82. The molecular weight excluding hydrogens is 161 g/mol. The van der Waals surface area contributed by atoms with Gasteiger partial charge in [0.2, 0.25) is 0 Å². The highest BCUT2D eigenvalue weighted by Gasteiger charge is 2.39. The zero-order valence-electron chi connectivity index (χ0n) is 5.57. The van der Waals surface area contributed by atoms with Crippen molar-refractivity contribution >= 4 is 5.91 Å². The number of rotatable bonds is 1. The lowest BCUT2D eigenvalue weighted by molar-refractivity contribution is -0.173. The van der Waals surface area contributed by atoms with Gasteiger partial charge < -0.3 is 5.32 Å². The second kappa shape index (κ2) is 3.23. The van der Waals surface area contributed by atoms with Crippen LogP contribution >= 0.6 is 0 Å². The van der Waals surface area contributed by atoms with Crippen molar-refractivity contribution in [2.45, 2.75) is 19.1 Å². The van der Waals surface area contributed by atoms with Crippen LogP contribution in [0.5, 0.6) is 0 Å². The molecule has 1 amide bonds. The molecule has 0 saturated heterocycles. The predicted octanol–water partition coefficient (Wildman–Crippen LogP) is 0.577. The number of amides is 1. The molecule has 0 rings (SSSR count). The summed E-state index contributed by atoms with van der Waals surface area (Å²) in [4.78, 5) is 10.0. The summed E-state index contributed by atoms with van der Waals surface area (Å²) in [6.07, 6.45) is -4.91. The molecule has 0 spiro atoms. The van der Waals surface area contributed by atoms with Crippen LogP contribution < -0.4 is 5.32 Å². The molecule has 0 saturated carbocycles. The molecule has 1 atom stereocenters. The van der Waals surface area contributed by atoms with Crippen molar-refractivity contribution in [2.75, 3.05) is 0 Å². The summed E-state index contributed by atoms with van der Waals surface area (Å²) >= 11 is 0. The summed E-state index contributed by atoms with van der Waals surface area (Å²) in [5.74, 6) is -2.09. The smallest absolute Gasteiger partial charge is 0.333 e. The van der Waals surface area contributed by atoms with Gasteiger partial charge in [-0.05, 0) is 6.92 Å². The van der Waals surface area contributed by atoms with Crippen LogP contribution in [-0.2, 0) is 4.79 Å². The van der Waals surface area contributed by atoms with E-state index in [0.717, 1.165) is 6.92 Å². The third kappa shape index (κ3) is 3.45. The van der Waals surface area contributed by atoms with Gasteiger partial charge in [0, 0.05) is 0 Å². The van der Waals surface area contributed by atoms with Crippen LogP contribution in [0, 0.1) is 11.3 Å². The molecule has 3 nitrogen and oxygen atoms in total. The van der Waals surface area contributed by atoms with Crippen LogP contribution in [0.15, 0.2) is 0 Å². The molecule has 0 aromatic heterocycles. The van der Waals surface area contributed by atoms with E-state index in [0.29, 0.717) is 0 Å². The zero-order chi connectivity index (χ0) is 9.07. The van der Waals surface area contributed by atoms with Crippen molar-refractivity contribution in [3.05, 3.63) is 0 Å². The first-order valence-corrected chi connectivity index (χ1v) is 2.65. The Morgan fingerprint density at radius 2 is 2.09 bits per heavy atom. The van der Waals surface area contributed by atoms with Gasteiger partial charge in [0.05, 0.1) is 6.07 Å². The third-order valence-corrected chi connectivity index (χ3v) is 0.799. The number of nitrogens with one attached hydrogen (secondary N) is 1. The maximum Gasteiger partial charge on any atom is 0.471 e. The molecular formula is C5H5F3N2O. The molecule has 0 aromatic carbocycles. The quantitative estimate of drug-likeness (QED) is 0.619. The number of alkyl halides is 3. The van der Waals surface area contributed by atoms with Crippen molar-refractivity contribution < 1.29 is 18.0 Å². The fraction of sp³-hybridized carbons (Fsp3) is 0.600. The van der Waals surface area contributed by atoms with E-state index < -0.39 is 18.1 Å². The average Bonchev–Trinajstić information content (AvgIpc) is 1.85. The standard InChI is InChI=1S/C5H5F3N2O/c1-3(2-9)10-4(11)5(6,7)8/h3H,1H3,(H,10,11)/t3-/m1/s1. The largest absolute Gasteiger partial charge is 0.471 e. The highest BCUT2D eigenvalue weighted by atomic mass is 19.4. The van der Waals surface area contributed by atoms with Crippen LogP contribution in [0.25, 0.3) is 0 Å². The van der Waals surface area contributed by atoms with Crippen LogP contribution in [-0.4, -0.2) is 18.1 Å². The van der Waals surface area contributed by atoms with Crippen molar-refractivity contribution in [3.8, 4) is 6.07 Å². The molecule has 1 N–H and O–H groups in total. The number of nitrogens with zero attached hydrogens (tertiary/aromatic N) is 1. The molecule has 0 heterocycles. The first kappa shape index (κ1) is 9.75. The van der Waals surface area contributed by atoms with Crippen molar-refractivity contribution in [3.63, 3.8) is 0 Å². The van der Waals surface area contributed by atoms with Crippen molar-refractivity contribution in [2.24, 2.45) is 0 Å². The Kier molecular flexibility index (Phi) is 2.87. The number of halogens is 3. The third-order valence-electron chi connectivity index (χ3n) is 0.799. The maximum absolute atomic E-state index is 11.4. The first-order valence-electron chi connectivity index (χ1n) is 2.65. The van der Waals surface area contributed by atoms with E-state index in [4.69, 9.17) is 5.26 Å². The fourth-order valence-electron chi connectivity index (χ4n) is 0.311. The Morgan fingerprint density at radius 3 is 2.36 bits per heavy atom. The molecule has 0 unspecified atom stereocenters. The number of nitriles is 1. The van der Waals surface area contributed by atoms with E-state index in [1.807, 2.05) is 0 Å². The van der Waals surface area contributed by atoms with E-state index in [2.05, 4.69) is 0 Å². The summed E-state index contributed by atoms with van der Waals surface area (Å²) in [7, 11) is 0. The Labute approximate surface area is 60.8 Å². The molecule has 0 aliphatic rings. The minimum Gasteiger partial charge on any atom is -0.333 e. The van der Waals surface area contributed by atoms with E-state index in [9.17, 15) is 18.0 Å². The van der Waals surface area contributed by atoms with Gasteiger partial charge in [0.25, 0.3) is 0 Å². The van der Waals surface area contributed by atoms with Gasteiger partial charge in [0.1, 0.15) is 6.04 Å². The molecule has 0 aliphatic carbocycles. The lowest BCUT2D eigenvalue weighted by Crippen LogP contribution is -2.41. The summed E-state index contributed by atoms with van der Waals surface area (Å²) in [6.45, 7) is 1.16. The molecule has 6 heteroatoms. The van der Waals surface area contributed by atoms with Gasteiger partial charge in [-0.25, -0.2) is 0 Å². The predicted molar refractivity (Wildman–Crippen MR) is 29.3 cm³/mol. The Bertz CT molecular complexity index is 193. The summed E-state index contributed by atoms with van der Waals surface area (Å²) in [5.41, 5.74) is 0. The lowest BCUT2D eigenvalue weighted by atomic mass is 10.4. The second-order valence-electron chi connectivity index (χ2n) is 1.82. The topological polar surface area (TPSA) is 52.9 Å². The Hall–Kier alpha value is -1.25. The van der Waals surface area contributed by atoms with Crippen LogP contribution in [0.3, 0.4) is 0 Å². The highest BCUT2D eigenvalue weighted by Crippen LogP contribution is 2.14. The molecule has 0 aliphatic heterocycles. The van der Waals surface area contributed by atoms with E-state index in [-0.39, 0.29) is 0 Å². The number of carbonyl (C=O) groups is 1. The highest BCUT2D eigenvalue weighted by molar-refractivity contribution is 5.82. The molecule has 0 bridgehead atoms. The van der Waals surface area contributed by atoms with Crippen LogP contribution in [0.1, 0.15) is 6.92 Å². The van der Waals surface area contributed by atoms with Gasteiger partial charge in [0.15, 0.2) is 0 Å². The minimum atomic E-state index is -4.91. The molecule has 11 heavy (non-hydrogen) atoms. The molecule has 0 fully saturated rings. The molecule has 0 radical (unpaired) electrons. The van der Waals surface area contributed by atoms with Crippen molar-refractivity contribution in [1.82, 2.24) is 5.32 Å². The number of hydrogen-bond acceptors (Lipinski definition) is 2. The summed E-state index contributed by atoms with van der Waals surface area (Å²) < 4.78 is 34.3. The number of hydrogen-bond donors (Lipinski definition) is 1. The maximum atomic E-state index is 11.4. The Balaban J connectivity index is 4.01. The SMILES string of the molecule is C[C@H](C#N)NC(=O)C(F)(F)F. The average molecular weight is 166 g/mol. The van der Waals surface area contributed by atoms with Crippen LogP contribution in [0.2, 0.25) is 0 Å². The summed E-state index contributed by atoms with van der Waals surface area (Å²) in [5, 5.41) is 9.46. The van der Waals surface area contributed by atoms with E-state index >= 15 is 0 Å². The Morgan fingerprint density at radius 1 is 1.64 bits per heavy atom. The van der Waals surface area contributed by atoms with Gasteiger partial charge in [-0.1, -0.05) is 0 Å². The lowest BCUT2D eigenvalue weighted by Gasteiger charge is -2.07. The minimum absolute atomic E-state index is 1.12. The van der Waals surface area contributed by atoms with Gasteiger partial charge >= 0.3 is 12.1 Å². The van der Waals surface area contributed by atoms with E-state index in [1.165, 1.54) is 11.4 Å². The van der Waals surface area contributed by atoms with Crippen molar-refractivity contribution in [1.29, 1.82) is 5.26 Å². The van der Waals surface area contributed by atoms with Crippen LogP contribution in [0.4, 0.5) is 13.2 Å². The summed E-state index contributed by atoms with van der Waals surface area (Å²) in [6, 6.07) is 0.315. The zero-order valence-corrected chi connectivity index (χ0v) is 5.57. The fourth-order valence-corrected chi connectivity index (χ4v) is 0.311. The molecule has 62 valence electrons. The van der Waals surface area contributed by atoms with Gasteiger partial charge in [-0.15, -0.1) is 0 Å². The number of carbonyl (C=O) groups excluding carboxylic acids is 1. The monoisotopic (exact) mass is 166 g/mol. The molecule has 0 aromatic rings. The van der Waals surface area contributed by atoms with E-state index in [1.54, 1.807) is 0 Å². The normalized spacial score (nSPS) is 13.4. The van der Waals surface area contributed by atoms with Gasteiger partial charge in [-0.2, -0.15) is 18.4 Å².